The average Bonchev–Trinajstić information content (AvgIpc) is 3.16. The van der Waals surface area contributed by atoms with E-state index in [9.17, 15) is 9.59 Å². The summed E-state index contributed by atoms with van der Waals surface area (Å²) in [6, 6.07) is 6.32. The summed E-state index contributed by atoms with van der Waals surface area (Å²) < 4.78 is 0. The van der Waals surface area contributed by atoms with Crippen LogP contribution in [0.4, 0.5) is 10.5 Å². The molecule has 8 heteroatoms. The number of aromatic amines is 1. The van der Waals surface area contributed by atoms with Crippen LogP contribution < -0.4 is 10.6 Å². The number of imidazole rings is 1. The Labute approximate surface area is 151 Å². The number of carbonyl (C=O) groups is 2. The van der Waals surface area contributed by atoms with Crippen LogP contribution in [0.1, 0.15) is 23.7 Å². The lowest BCUT2D eigenvalue weighted by Gasteiger charge is -2.35. The van der Waals surface area contributed by atoms with Crippen LogP contribution in [0.3, 0.4) is 0 Å². The summed E-state index contributed by atoms with van der Waals surface area (Å²) >= 11 is 0. The van der Waals surface area contributed by atoms with Crippen LogP contribution in [-0.4, -0.2) is 45.9 Å². The highest BCUT2D eigenvalue weighted by atomic mass is 16.2. The second-order valence-electron chi connectivity index (χ2n) is 6.05. The first-order valence-electron chi connectivity index (χ1n) is 8.48. The third-order valence-corrected chi connectivity index (χ3v) is 4.42. The number of nitrogens with zero attached hydrogens (tertiary/aromatic N) is 3. The quantitative estimate of drug-likeness (QED) is 0.772. The van der Waals surface area contributed by atoms with E-state index in [1.54, 1.807) is 30.7 Å². The first-order valence-corrected chi connectivity index (χ1v) is 8.48. The summed E-state index contributed by atoms with van der Waals surface area (Å²) in [6.07, 6.45) is 4.25. The smallest absolute Gasteiger partial charge is 0.322 e. The topological polar surface area (TPSA) is 114 Å². The summed E-state index contributed by atoms with van der Waals surface area (Å²) in [6.45, 7) is 2.80. The summed E-state index contributed by atoms with van der Waals surface area (Å²) in [7, 11) is 0. The zero-order valence-corrected chi connectivity index (χ0v) is 14.5. The summed E-state index contributed by atoms with van der Waals surface area (Å²) in [5, 5.41) is 14.7. The van der Waals surface area contributed by atoms with Crippen molar-refractivity contribution >= 4 is 17.6 Å². The van der Waals surface area contributed by atoms with Crippen molar-refractivity contribution in [2.24, 2.45) is 0 Å². The van der Waals surface area contributed by atoms with Crippen molar-refractivity contribution in [3.8, 4) is 6.07 Å². The molecule has 0 bridgehead atoms. The van der Waals surface area contributed by atoms with Gasteiger partial charge in [0.15, 0.2) is 0 Å². The normalized spacial score (nSPS) is 16.7. The largest absolute Gasteiger partial charge is 0.353 e. The Morgan fingerprint density at radius 1 is 1.50 bits per heavy atom. The van der Waals surface area contributed by atoms with Crippen molar-refractivity contribution in [1.82, 2.24) is 20.2 Å². The predicted octanol–water partition coefficient (Wildman–Crippen LogP) is 1.42. The lowest BCUT2D eigenvalue weighted by atomic mass is 10.1. The Hall–Kier alpha value is -3.34. The molecule has 3 amide bonds. The molecular weight excluding hydrogens is 332 g/mol. The van der Waals surface area contributed by atoms with Gasteiger partial charge >= 0.3 is 6.03 Å². The summed E-state index contributed by atoms with van der Waals surface area (Å²) in [5.41, 5.74) is 2.87. The summed E-state index contributed by atoms with van der Waals surface area (Å²) in [5.74, 6) is -0.184. The molecule has 0 saturated carbocycles. The van der Waals surface area contributed by atoms with Crippen LogP contribution in [0.25, 0.3) is 0 Å². The van der Waals surface area contributed by atoms with Crippen LogP contribution in [0, 0.1) is 11.3 Å². The van der Waals surface area contributed by atoms with Crippen molar-refractivity contribution in [3.63, 3.8) is 0 Å². The van der Waals surface area contributed by atoms with Crippen molar-refractivity contribution in [2.45, 2.75) is 25.8 Å². The molecule has 1 fully saturated rings. The number of carbonyl (C=O) groups excluding carboxylic acids is 2. The van der Waals surface area contributed by atoms with Crippen LogP contribution in [-0.2, 0) is 17.6 Å². The lowest BCUT2D eigenvalue weighted by Crippen LogP contribution is -2.59. The Kier molecular flexibility index (Phi) is 5.17. The molecule has 1 aliphatic heterocycles. The number of hydrogen-bond acceptors (Lipinski definition) is 4. The number of urea groups is 1. The van der Waals surface area contributed by atoms with Gasteiger partial charge in [-0.15, -0.1) is 0 Å². The molecular formula is C18H20N6O2. The molecule has 8 nitrogen and oxygen atoms in total. The number of piperazine rings is 1. The number of amides is 3. The third kappa shape index (κ3) is 3.67. The zero-order valence-electron chi connectivity index (χ0n) is 14.5. The molecule has 1 aliphatic rings. The van der Waals surface area contributed by atoms with Gasteiger partial charge in [-0.1, -0.05) is 6.92 Å². The van der Waals surface area contributed by atoms with Gasteiger partial charge in [0, 0.05) is 37.1 Å². The minimum absolute atomic E-state index is 0.184. The monoisotopic (exact) mass is 352 g/mol. The van der Waals surface area contributed by atoms with Gasteiger partial charge in [0.2, 0.25) is 5.91 Å². The fraction of sp³-hybridized carbons (Fsp3) is 0.333. The molecule has 1 aromatic carbocycles. The maximum Gasteiger partial charge on any atom is 0.322 e. The molecule has 1 aromatic heterocycles. The Morgan fingerprint density at radius 2 is 2.35 bits per heavy atom. The van der Waals surface area contributed by atoms with Gasteiger partial charge in [0.05, 0.1) is 18.0 Å². The zero-order chi connectivity index (χ0) is 18.5. The van der Waals surface area contributed by atoms with Gasteiger partial charge in [-0.3, -0.25) is 4.79 Å². The van der Waals surface area contributed by atoms with Gasteiger partial charge in [-0.25, -0.2) is 9.78 Å². The molecule has 0 aliphatic carbocycles. The van der Waals surface area contributed by atoms with E-state index >= 15 is 0 Å². The van der Waals surface area contributed by atoms with E-state index in [0.717, 1.165) is 11.3 Å². The third-order valence-electron chi connectivity index (χ3n) is 4.42. The second-order valence-corrected chi connectivity index (χ2v) is 6.05. The van der Waals surface area contributed by atoms with E-state index in [2.05, 4.69) is 26.7 Å². The molecule has 0 spiro atoms. The molecule has 1 unspecified atom stereocenters. The number of rotatable bonds is 4. The number of aryl methyl sites for hydroxylation is 1. The van der Waals surface area contributed by atoms with E-state index in [1.807, 2.05) is 6.92 Å². The molecule has 2 heterocycles. The Bertz CT molecular complexity index is 840. The van der Waals surface area contributed by atoms with E-state index in [4.69, 9.17) is 5.26 Å². The minimum atomic E-state index is -0.604. The maximum absolute atomic E-state index is 12.8. The van der Waals surface area contributed by atoms with Gasteiger partial charge in [-0.2, -0.15) is 5.26 Å². The number of hydrogen-bond donors (Lipinski definition) is 3. The Morgan fingerprint density at radius 3 is 3.04 bits per heavy atom. The van der Waals surface area contributed by atoms with Crippen molar-refractivity contribution in [3.05, 3.63) is 47.5 Å². The highest BCUT2D eigenvalue weighted by molar-refractivity contribution is 5.95. The minimum Gasteiger partial charge on any atom is -0.353 e. The highest BCUT2D eigenvalue weighted by Crippen LogP contribution is 2.20. The molecule has 1 saturated heterocycles. The fourth-order valence-electron chi connectivity index (χ4n) is 3.03. The van der Waals surface area contributed by atoms with E-state index in [0.29, 0.717) is 37.2 Å². The van der Waals surface area contributed by atoms with Gasteiger partial charge in [0.1, 0.15) is 6.04 Å². The highest BCUT2D eigenvalue weighted by Gasteiger charge is 2.33. The van der Waals surface area contributed by atoms with Crippen molar-refractivity contribution in [1.29, 1.82) is 5.26 Å². The van der Waals surface area contributed by atoms with Gasteiger partial charge < -0.3 is 20.5 Å². The van der Waals surface area contributed by atoms with Gasteiger partial charge in [-0.05, 0) is 30.2 Å². The number of nitriles is 1. The van der Waals surface area contributed by atoms with E-state index in [1.165, 1.54) is 4.90 Å². The van der Waals surface area contributed by atoms with Crippen molar-refractivity contribution in [2.75, 3.05) is 18.4 Å². The standard InChI is InChI=1S/C18H20N6O2/c1-2-13-7-12(9-19)3-4-15(13)23-18(26)24-6-5-21-17(25)16(24)8-14-10-20-11-22-14/h3-4,7,10-11,16H,2,5-6,8H2,1H3,(H,20,22)(H,21,25)(H,23,26). The van der Waals surface area contributed by atoms with Crippen LogP contribution >= 0.6 is 0 Å². The molecule has 1 atom stereocenters. The molecule has 3 N–H and O–H groups in total. The molecule has 2 aromatic rings. The van der Waals surface area contributed by atoms with Gasteiger partial charge in [0.25, 0.3) is 0 Å². The van der Waals surface area contributed by atoms with E-state index < -0.39 is 6.04 Å². The van der Waals surface area contributed by atoms with Crippen LogP contribution in [0.15, 0.2) is 30.7 Å². The predicted molar refractivity (Wildman–Crippen MR) is 95.3 cm³/mol. The molecule has 26 heavy (non-hydrogen) atoms. The molecule has 0 radical (unpaired) electrons. The Balaban J connectivity index is 1.79. The number of H-pyrrole nitrogens is 1. The lowest BCUT2D eigenvalue weighted by molar-refractivity contribution is -0.127. The number of nitrogens with one attached hydrogen (secondary N) is 3. The van der Waals surface area contributed by atoms with Crippen molar-refractivity contribution < 1.29 is 9.59 Å². The van der Waals surface area contributed by atoms with E-state index in [-0.39, 0.29) is 11.9 Å². The maximum atomic E-state index is 12.8. The van der Waals surface area contributed by atoms with Crippen LogP contribution in [0.2, 0.25) is 0 Å². The SMILES string of the molecule is CCc1cc(C#N)ccc1NC(=O)N1CCNC(=O)C1Cc1cnc[nH]1. The first kappa shape index (κ1) is 17.5. The first-order chi connectivity index (χ1) is 12.6. The average molecular weight is 352 g/mol. The number of benzene rings is 1. The van der Waals surface area contributed by atoms with Crippen LogP contribution in [0.5, 0.6) is 0 Å². The fourth-order valence-corrected chi connectivity index (χ4v) is 3.03. The number of aromatic nitrogens is 2. The summed E-state index contributed by atoms with van der Waals surface area (Å²) in [4.78, 5) is 33.6. The number of anilines is 1. The second kappa shape index (κ2) is 7.70. The molecule has 134 valence electrons. The molecule has 3 rings (SSSR count).